The summed E-state index contributed by atoms with van der Waals surface area (Å²) in [5.41, 5.74) is 0. The van der Waals surface area contributed by atoms with Crippen molar-refractivity contribution in [3.8, 4) is 17.6 Å². The highest BCUT2D eigenvalue weighted by molar-refractivity contribution is 5.21. The van der Waals surface area contributed by atoms with Crippen LogP contribution in [0, 0.1) is 11.8 Å². The van der Waals surface area contributed by atoms with E-state index in [1.807, 2.05) is 30.3 Å². The first-order valence-corrected chi connectivity index (χ1v) is 6.15. The van der Waals surface area contributed by atoms with Crippen LogP contribution in [-0.2, 0) is 0 Å². The minimum absolute atomic E-state index is 0.450. The molecule has 0 unspecified atom stereocenters. The highest BCUT2D eigenvalue weighted by atomic mass is 16.5. The van der Waals surface area contributed by atoms with Gasteiger partial charge in [-0.1, -0.05) is 30.0 Å². The van der Waals surface area contributed by atoms with Crippen LogP contribution in [0.5, 0.6) is 5.75 Å². The van der Waals surface area contributed by atoms with Crippen LogP contribution in [0.2, 0.25) is 0 Å². The van der Waals surface area contributed by atoms with Gasteiger partial charge in [-0.15, -0.1) is 0 Å². The molecule has 1 aromatic rings. The van der Waals surface area contributed by atoms with Gasteiger partial charge in [0, 0.05) is 13.1 Å². The molecule has 0 saturated carbocycles. The highest BCUT2D eigenvalue weighted by Gasteiger charge is 1.95. The lowest BCUT2D eigenvalue weighted by Crippen LogP contribution is -2.28. The second-order valence-electron chi connectivity index (χ2n) is 4.50. The molecule has 0 heterocycles. The third kappa shape index (κ3) is 6.95. The van der Waals surface area contributed by atoms with Crippen LogP contribution in [0.4, 0.5) is 0 Å². The fraction of sp³-hybridized carbons (Fsp3) is 0.467. The number of para-hydroxylation sites is 1. The topological polar surface area (TPSA) is 15.7 Å². The second-order valence-corrected chi connectivity index (χ2v) is 4.50. The molecule has 3 nitrogen and oxygen atoms in total. The molecule has 0 fully saturated rings. The van der Waals surface area contributed by atoms with Gasteiger partial charge < -0.3 is 9.64 Å². The smallest absolute Gasteiger partial charge is 0.149 e. The molecule has 0 saturated heterocycles. The summed E-state index contributed by atoms with van der Waals surface area (Å²) in [5, 5.41) is 0. The van der Waals surface area contributed by atoms with E-state index in [9.17, 15) is 0 Å². The minimum atomic E-state index is 0.450. The molecule has 0 bridgehead atoms. The Morgan fingerprint density at radius 1 is 1.00 bits per heavy atom. The quantitative estimate of drug-likeness (QED) is 0.709. The first-order chi connectivity index (χ1) is 8.68. The Bertz CT molecular complexity index is 378. The van der Waals surface area contributed by atoms with Gasteiger partial charge in [-0.25, -0.2) is 0 Å². The lowest BCUT2D eigenvalue weighted by molar-refractivity contribution is 0.304. The molecule has 0 spiro atoms. The minimum Gasteiger partial charge on any atom is -0.481 e. The van der Waals surface area contributed by atoms with Crippen molar-refractivity contribution < 1.29 is 4.74 Å². The van der Waals surface area contributed by atoms with Gasteiger partial charge in [0.2, 0.25) is 0 Å². The Morgan fingerprint density at radius 2 is 1.72 bits per heavy atom. The lowest BCUT2D eigenvalue weighted by Gasteiger charge is -2.16. The van der Waals surface area contributed by atoms with Gasteiger partial charge in [0.15, 0.2) is 0 Å². The van der Waals surface area contributed by atoms with Crippen LogP contribution in [0.25, 0.3) is 0 Å². The summed E-state index contributed by atoms with van der Waals surface area (Å²) in [5.74, 6) is 7.00. The summed E-state index contributed by atoms with van der Waals surface area (Å²) in [6.45, 7) is 3.32. The van der Waals surface area contributed by atoms with Crippen molar-refractivity contribution in [2.24, 2.45) is 0 Å². The fourth-order valence-electron chi connectivity index (χ4n) is 1.33. The number of nitrogens with zero attached hydrogens (tertiary/aromatic N) is 2. The van der Waals surface area contributed by atoms with E-state index in [2.05, 4.69) is 42.8 Å². The van der Waals surface area contributed by atoms with Gasteiger partial charge in [-0.2, -0.15) is 0 Å². The third-order valence-electron chi connectivity index (χ3n) is 2.46. The molecule has 1 rings (SSSR count). The van der Waals surface area contributed by atoms with Crippen molar-refractivity contribution in [1.29, 1.82) is 0 Å². The molecular weight excluding hydrogens is 224 g/mol. The molecule has 0 amide bonds. The molecule has 18 heavy (non-hydrogen) atoms. The molecule has 0 aromatic heterocycles. The average Bonchev–Trinajstić information content (AvgIpc) is 2.37. The van der Waals surface area contributed by atoms with Gasteiger partial charge in [0.05, 0.1) is 6.54 Å². The van der Waals surface area contributed by atoms with Crippen LogP contribution in [0.1, 0.15) is 0 Å². The monoisotopic (exact) mass is 246 g/mol. The zero-order valence-electron chi connectivity index (χ0n) is 11.5. The molecule has 0 aliphatic rings. The van der Waals surface area contributed by atoms with Crippen molar-refractivity contribution in [1.82, 2.24) is 9.80 Å². The van der Waals surface area contributed by atoms with E-state index < -0.39 is 0 Å². The largest absolute Gasteiger partial charge is 0.481 e. The lowest BCUT2D eigenvalue weighted by atomic mass is 10.3. The maximum atomic E-state index is 5.49. The van der Waals surface area contributed by atoms with E-state index in [0.29, 0.717) is 6.61 Å². The Hall–Kier alpha value is -1.50. The van der Waals surface area contributed by atoms with Crippen LogP contribution in [-0.4, -0.2) is 57.2 Å². The van der Waals surface area contributed by atoms with Crippen molar-refractivity contribution in [3.05, 3.63) is 30.3 Å². The van der Waals surface area contributed by atoms with E-state index in [4.69, 9.17) is 4.74 Å². The summed E-state index contributed by atoms with van der Waals surface area (Å²) >= 11 is 0. The maximum absolute atomic E-state index is 5.49. The Kier molecular flexibility index (Phi) is 6.93. The molecule has 0 aliphatic carbocycles. The third-order valence-corrected chi connectivity index (χ3v) is 2.46. The summed E-state index contributed by atoms with van der Waals surface area (Å²) in [4.78, 5) is 4.37. The molecule has 98 valence electrons. The predicted octanol–water partition coefficient (Wildman–Crippen LogP) is 1.56. The zero-order valence-corrected chi connectivity index (χ0v) is 11.5. The molecule has 0 atom stereocenters. The van der Waals surface area contributed by atoms with Crippen molar-refractivity contribution in [2.75, 3.05) is 47.4 Å². The summed E-state index contributed by atoms with van der Waals surface area (Å²) < 4.78 is 5.49. The van der Waals surface area contributed by atoms with E-state index >= 15 is 0 Å². The van der Waals surface area contributed by atoms with Crippen molar-refractivity contribution >= 4 is 0 Å². The van der Waals surface area contributed by atoms with Gasteiger partial charge in [-0.05, 0) is 33.3 Å². The number of benzene rings is 1. The maximum Gasteiger partial charge on any atom is 0.149 e. The zero-order chi connectivity index (χ0) is 13.2. The predicted molar refractivity (Wildman–Crippen MR) is 75.8 cm³/mol. The Morgan fingerprint density at radius 3 is 2.39 bits per heavy atom. The van der Waals surface area contributed by atoms with Gasteiger partial charge in [-0.3, -0.25) is 4.90 Å². The SMILES string of the molecule is CN(C)CCN(C)CC#CCOc1ccccc1. The normalized spacial score (nSPS) is 10.3. The van der Waals surface area contributed by atoms with E-state index in [-0.39, 0.29) is 0 Å². The number of hydrogen-bond donors (Lipinski definition) is 0. The van der Waals surface area contributed by atoms with Crippen LogP contribution < -0.4 is 4.74 Å². The number of rotatable bonds is 6. The average molecular weight is 246 g/mol. The Balaban J connectivity index is 2.14. The summed E-state index contributed by atoms with van der Waals surface area (Å²) in [6, 6.07) is 9.75. The van der Waals surface area contributed by atoms with E-state index in [1.165, 1.54) is 0 Å². The molecule has 0 aliphatic heterocycles. The van der Waals surface area contributed by atoms with Gasteiger partial charge in [0.25, 0.3) is 0 Å². The summed E-state index contributed by atoms with van der Waals surface area (Å²) in [6.07, 6.45) is 0. The van der Waals surface area contributed by atoms with Crippen molar-refractivity contribution in [2.45, 2.75) is 0 Å². The number of likely N-dealkylation sites (N-methyl/N-ethyl adjacent to an activating group) is 2. The first kappa shape index (κ1) is 14.6. The van der Waals surface area contributed by atoms with Crippen LogP contribution in [0.15, 0.2) is 30.3 Å². The van der Waals surface area contributed by atoms with Gasteiger partial charge >= 0.3 is 0 Å². The number of ether oxygens (including phenoxy) is 1. The van der Waals surface area contributed by atoms with Crippen molar-refractivity contribution in [3.63, 3.8) is 0 Å². The molecule has 3 heteroatoms. The first-order valence-electron chi connectivity index (χ1n) is 6.15. The number of hydrogen-bond acceptors (Lipinski definition) is 3. The molecule has 1 aromatic carbocycles. The molecule has 0 radical (unpaired) electrons. The van der Waals surface area contributed by atoms with Gasteiger partial charge in [0.1, 0.15) is 12.4 Å². The summed E-state index contributed by atoms with van der Waals surface area (Å²) in [7, 11) is 6.23. The molecule has 0 N–H and O–H groups in total. The van der Waals surface area contributed by atoms with E-state index in [1.54, 1.807) is 0 Å². The van der Waals surface area contributed by atoms with E-state index in [0.717, 1.165) is 25.4 Å². The fourth-order valence-corrected chi connectivity index (χ4v) is 1.33. The highest BCUT2D eigenvalue weighted by Crippen LogP contribution is 2.07. The standard InChI is InChI=1S/C15H22N2O/c1-16(2)12-13-17(3)11-7-8-14-18-15-9-5-4-6-10-15/h4-6,9-10H,11-14H2,1-3H3. The second kappa shape index (κ2) is 8.57. The Labute approximate surface area is 110 Å². The van der Waals surface area contributed by atoms with Crippen LogP contribution >= 0.6 is 0 Å². The molecular formula is C15H22N2O. The van der Waals surface area contributed by atoms with Crippen LogP contribution in [0.3, 0.4) is 0 Å².